The van der Waals surface area contributed by atoms with Gasteiger partial charge in [-0.15, -0.1) is 0 Å². The Morgan fingerprint density at radius 1 is 1.20 bits per heavy atom. The fourth-order valence-electron chi connectivity index (χ4n) is 6.70. The number of pyridine rings is 1. The van der Waals surface area contributed by atoms with Crippen LogP contribution in [0.25, 0.3) is 11.0 Å². The Morgan fingerprint density at radius 2 is 1.96 bits per heavy atom. The van der Waals surface area contributed by atoms with E-state index >= 15 is 0 Å². The number of carbonyl (C=O) groups is 3. The molecule has 1 spiro atoms. The third-order valence-corrected chi connectivity index (χ3v) is 9.15. The summed E-state index contributed by atoms with van der Waals surface area (Å²) < 4.78 is 43.0. The molecule has 2 aromatic carbocycles. The van der Waals surface area contributed by atoms with E-state index < -0.39 is 69.8 Å². The third-order valence-electron chi connectivity index (χ3n) is 9.15. The SMILES string of the molecule is C[C@H]1CC[C@]2(CC(=O)N(Cc3cccc4[nH]cnc34)O2)[C@H]2CN1C(=O)c1c(O)c(=O)c(C(=O)NCc3c(F)cc(F)cc3F)cn12. The number of aromatic amines is 1. The number of nitrogens with one attached hydrogen (secondary N) is 2. The second-order valence-corrected chi connectivity index (χ2v) is 11.8. The minimum absolute atomic E-state index is 0.0540. The van der Waals surface area contributed by atoms with Crippen LogP contribution in [0.3, 0.4) is 0 Å². The lowest BCUT2D eigenvalue weighted by atomic mass is 9.85. The van der Waals surface area contributed by atoms with Crippen LogP contribution in [0.4, 0.5) is 13.2 Å². The van der Waals surface area contributed by atoms with Crippen molar-refractivity contribution in [3.05, 3.63) is 92.9 Å². The number of aromatic nitrogens is 3. The molecule has 2 fully saturated rings. The van der Waals surface area contributed by atoms with Crippen molar-refractivity contribution in [1.82, 2.24) is 29.8 Å². The standard InChI is InChI=1S/C31H27F3N6O6/c1-15-5-6-31(9-24(41)40(46-31)11-16-3-2-4-22-25(16)37-14-36-22)23-13-38(15)30(45)26-28(43)27(42)19(12-39(23)26)29(44)35-10-18-20(33)7-17(32)8-21(18)34/h2-4,7-8,12,14-15,23,43H,5-6,9-11,13H2,1H3,(H,35,44)(H,36,37)/t15-,23+,31-/m0/s1. The van der Waals surface area contributed by atoms with E-state index in [-0.39, 0.29) is 37.2 Å². The molecule has 15 heteroatoms. The van der Waals surface area contributed by atoms with E-state index in [0.29, 0.717) is 30.5 Å². The number of aromatic hydroxyl groups is 1. The molecule has 2 aromatic heterocycles. The van der Waals surface area contributed by atoms with Gasteiger partial charge in [-0.1, -0.05) is 12.1 Å². The van der Waals surface area contributed by atoms with Gasteiger partial charge in [0, 0.05) is 48.6 Å². The highest BCUT2D eigenvalue weighted by molar-refractivity contribution is 5.99. The number of para-hydroxylation sites is 1. The maximum atomic E-state index is 14.2. The van der Waals surface area contributed by atoms with E-state index in [0.717, 1.165) is 17.3 Å². The zero-order chi connectivity index (χ0) is 32.5. The third kappa shape index (κ3) is 4.60. The Hall–Kier alpha value is -5.18. The minimum atomic E-state index is -1.24. The van der Waals surface area contributed by atoms with Crippen molar-refractivity contribution in [1.29, 1.82) is 0 Å². The summed E-state index contributed by atoms with van der Waals surface area (Å²) in [5.74, 6) is -6.65. The highest BCUT2D eigenvalue weighted by Crippen LogP contribution is 2.47. The predicted molar refractivity (Wildman–Crippen MR) is 154 cm³/mol. The van der Waals surface area contributed by atoms with Crippen LogP contribution < -0.4 is 10.7 Å². The lowest BCUT2D eigenvalue weighted by Gasteiger charge is -2.42. The Bertz CT molecular complexity index is 1990. The number of halogens is 3. The number of amides is 3. The first-order valence-electron chi connectivity index (χ1n) is 14.6. The molecule has 2 bridgehead atoms. The lowest BCUT2D eigenvalue weighted by Crippen LogP contribution is -2.52. The number of benzene rings is 2. The molecule has 2 saturated heterocycles. The Morgan fingerprint density at radius 3 is 2.72 bits per heavy atom. The van der Waals surface area contributed by atoms with Crippen molar-refractivity contribution in [2.75, 3.05) is 6.54 Å². The van der Waals surface area contributed by atoms with Crippen molar-refractivity contribution in [3.63, 3.8) is 0 Å². The summed E-state index contributed by atoms with van der Waals surface area (Å²) in [5, 5.41) is 14.5. The van der Waals surface area contributed by atoms with Crippen LogP contribution in [0.5, 0.6) is 5.75 Å². The van der Waals surface area contributed by atoms with Crippen LogP contribution in [0, 0.1) is 17.5 Å². The molecule has 0 radical (unpaired) electrons. The van der Waals surface area contributed by atoms with Crippen molar-refractivity contribution >= 4 is 28.8 Å². The first-order chi connectivity index (χ1) is 22.0. The number of hydroxylamine groups is 2. The van der Waals surface area contributed by atoms with Crippen molar-refractivity contribution < 1.29 is 37.5 Å². The number of carbonyl (C=O) groups excluding carboxylic acids is 3. The fourth-order valence-corrected chi connectivity index (χ4v) is 6.70. The van der Waals surface area contributed by atoms with Gasteiger partial charge in [0.1, 0.15) is 28.6 Å². The quantitative estimate of drug-likeness (QED) is 0.305. The molecule has 0 aliphatic carbocycles. The summed E-state index contributed by atoms with van der Waals surface area (Å²) in [5.41, 5.74) is -1.80. The molecule has 4 aromatic rings. The number of hydrogen-bond acceptors (Lipinski definition) is 7. The Kier molecular flexibility index (Phi) is 6.88. The average molecular weight is 637 g/mol. The van der Waals surface area contributed by atoms with E-state index in [1.165, 1.54) is 14.5 Å². The predicted octanol–water partition coefficient (Wildman–Crippen LogP) is 3.06. The van der Waals surface area contributed by atoms with E-state index in [4.69, 9.17) is 4.84 Å². The molecule has 0 saturated carbocycles. The molecule has 3 amide bonds. The van der Waals surface area contributed by atoms with Crippen LogP contribution in [0.2, 0.25) is 0 Å². The summed E-state index contributed by atoms with van der Waals surface area (Å²) in [6, 6.07) is 5.27. The smallest absolute Gasteiger partial charge is 0.274 e. The normalized spacial score (nSPS) is 22.4. The second-order valence-electron chi connectivity index (χ2n) is 11.8. The first-order valence-corrected chi connectivity index (χ1v) is 14.6. The molecule has 3 N–H and O–H groups in total. The van der Waals surface area contributed by atoms with Crippen LogP contribution in [0.1, 0.15) is 64.2 Å². The van der Waals surface area contributed by atoms with E-state index in [9.17, 15) is 37.5 Å². The summed E-state index contributed by atoms with van der Waals surface area (Å²) >= 11 is 0. The van der Waals surface area contributed by atoms with Gasteiger partial charge in [0.15, 0.2) is 11.4 Å². The number of imidazole rings is 1. The van der Waals surface area contributed by atoms with Crippen LogP contribution >= 0.6 is 0 Å². The molecule has 3 aliphatic rings. The van der Waals surface area contributed by atoms with Gasteiger partial charge in [-0.3, -0.25) is 24.0 Å². The summed E-state index contributed by atoms with van der Waals surface area (Å²) in [4.78, 5) is 68.8. The average Bonchev–Trinajstić information content (AvgIpc) is 3.59. The first kappa shape index (κ1) is 29.5. The van der Waals surface area contributed by atoms with Gasteiger partial charge >= 0.3 is 0 Å². The maximum absolute atomic E-state index is 14.2. The summed E-state index contributed by atoms with van der Waals surface area (Å²) in [6.07, 6.45) is 3.34. The fraction of sp³-hybridized carbons (Fsp3) is 0.323. The maximum Gasteiger partial charge on any atom is 0.274 e. The Labute approximate surface area is 258 Å². The van der Waals surface area contributed by atoms with E-state index in [1.807, 2.05) is 25.1 Å². The molecule has 12 nitrogen and oxygen atoms in total. The van der Waals surface area contributed by atoms with Crippen molar-refractivity contribution in [3.8, 4) is 5.75 Å². The molecular weight excluding hydrogens is 609 g/mol. The number of H-pyrrole nitrogens is 1. The molecule has 3 aliphatic heterocycles. The largest absolute Gasteiger partial charge is 0.503 e. The van der Waals surface area contributed by atoms with Crippen LogP contribution in [0.15, 0.2) is 47.7 Å². The van der Waals surface area contributed by atoms with Gasteiger partial charge in [-0.05, 0) is 25.8 Å². The van der Waals surface area contributed by atoms with Crippen LogP contribution in [-0.4, -0.2) is 65.5 Å². The molecule has 238 valence electrons. The lowest BCUT2D eigenvalue weighted by molar-refractivity contribution is -0.217. The van der Waals surface area contributed by atoms with Gasteiger partial charge in [-0.25, -0.2) is 23.2 Å². The molecule has 46 heavy (non-hydrogen) atoms. The molecular formula is C31H27F3N6O6. The molecule has 0 unspecified atom stereocenters. The molecule has 3 atom stereocenters. The summed E-state index contributed by atoms with van der Waals surface area (Å²) in [6.45, 7) is 1.23. The van der Waals surface area contributed by atoms with Crippen LogP contribution in [-0.2, 0) is 22.7 Å². The van der Waals surface area contributed by atoms with Crippen molar-refractivity contribution in [2.24, 2.45) is 0 Å². The number of rotatable bonds is 5. The monoisotopic (exact) mass is 636 g/mol. The zero-order valence-corrected chi connectivity index (χ0v) is 24.3. The number of nitrogens with zero attached hydrogens (tertiary/aromatic N) is 4. The Balaban J connectivity index is 1.25. The molecule has 5 heterocycles. The van der Waals surface area contributed by atoms with Gasteiger partial charge in [0.2, 0.25) is 11.3 Å². The van der Waals surface area contributed by atoms with E-state index in [1.54, 1.807) is 6.33 Å². The second kappa shape index (κ2) is 10.7. The molecule has 7 rings (SSSR count). The number of hydrogen-bond donors (Lipinski definition) is 3. The van der Waals surface area contributed by atoms with Gasteiger partial charge in [0.05, 0.1) is 36.4 Å². The topological polar surface area (TPSA) is 150 Å². The zero-order valence-electron chi connectivity index (χ0n) is 24.3. The highest BCUT2D eigenvalue weighted by Gasteiger charge is 2.56. The van der Waals surface area contributed by atoms with Gasteiger partial charge < -0.3 is 24.9 Å². The highest BCUT2D eigenvalue weighted by atomic mass is 19.1. The number of fused-ring (bicyclic) bond motifs is 6. The minimum Gasteiger partial charge on any atom is -0.503 e. The summed E-state index contributed by atoms with van der Waals surface area (Å²) in [7, 11) is 0. The van der Waals surface area contributed by atoms with E-state index in [2.05, 4.69) is 15.3 Å². The van der Waals surface area contributed by atoms with Gasteiger partial charge in [-0.2, -0.15) is 0 Å². The van der Waals surface area contributed by atoms with Gasteiger partial charge in [0.25, 0.3) is 11.8 Å². The van der Waals surface area contributed by atoms with Crippen molar-refractivity contribution in [2.45, 2.75) is 57.0 Å².